The number of para-hydroxylation sites is 1. The van der Waals surface area contributed by atoms with Gasteiger partial charge < -0.3 is 5.32 Å². The molecule has 0 aliphatic carbocycles. The van der Waals surface area contributed by atoms with Crippen LogP contribution in [0.4, 0.5) is 0 Å². The van der Waals surface area contributed by atoms with Crippen LogP contribution >= 0.6 is 0 Å². The summed E-state index contributed by atoms with van der Waals surface area (Å²) >= 11 is 0. The fourth-order valence-corrected chi connectivity index (χ4v) is 2.16. The van der Waals surface area contributed by atoms with Gasteiger partial charge in [-0.3, -0.25) is 14.8 Å². The van der Waals surface area contributed by atoms with Crippen LogP contribution in [0.5, 0.6) is 0 Å². The zero-order valence-electron chi connectivity index (χ0n) is 11.7. The first kappa shape index (κ1) is 13.2. The second-order valence-corrected chi connectivity index (χ2v) is 4.90. The molecule has 21 heavy (non-hydrogen) atoms. The highest BCUT2D eigenvalue weighted by Gasteiger charge is 2.10. The molecule has 1 amide bonds. The van der Waals surface area contributed by atoms with Crippen molar-refractivity contribution >= 4 is 16.9 Å². The van der Waals surface area contributed by atoms with E-state index in [4.69, 9.17) is 0 Å². The SMILES string of the molecule is Cc1ccc(CNC(=O)c2cccc3nccnc23)cc1. The lowest BCUT2D eigenvalue weighted by Crippen LogP contribution is -2.23. The third-order valence-corrected chi connectivity index (χ3v) is 3.32. The van der Waals surface area contributed by atoms with Gasteiger partial charge in [0.1, 0.15) is 5.52 Å². The predicted molar refractivity (Wildman–Crippen MR) is 81.9 cm³/mol. The molecule has 0 radical (unpaired) electrons. The quantitative estimate of drug-likeness (QED) is 0.801. The van der Waals surface area contributed by atoms with Crippen LogP contribution in [0.1, 0.15) is 21.5 Å². The Bertz CT molecular complexity index is 776. The van der Waals surface area contributed by atoms with Gasteiger partial charge in [-0.25, -0.2) is 0 Å². The monoisotopic (exact) mass is 277 g/mol. The van der Waals surface area contributed by atoms with E-state index in [0.717, 1.165) is 11.1 Å². The molecule has 0 saturated heterocycles. The van der Waals surface area contributed by atoms with Crippen molar-refractivity contribution < 1.29 is 4.79 Å². The van der Waals surface area contributed by atoms with Crippen LogP contribution in [-0.2, 0) is 6.54 Å². The minimum Gasteiger partial charge on any atom is -0.348 e. The summed E-state index contributed by atoms with van der Waals surface area (Å²) in [5.74, 6) is -0.137. The average Bonchev–Trinajstić information content (AvgIpc) is 2.53. The summed E-state index contributed by atoms with van der Waals surface area (Å²) in [5, 5.41) is 2.92. The number of benzene rings is 2. The Kier molecular flexibility index (Phi) is 3.60. The molecular weight excluding hydrogens is 262 g/mol. The summed E-state index contributed by atoms with van der Waals surface area (Å²) in [4.78, 5) is 20.8. The Hall–Kier alpha value is -2.75. The molecule has 0 aliphatic heterocycles. The van der Waals surface area contributed by atoms with Gasteiger partial charge >= 0.3 is 0 Å². The van der Waals surface area contributed by atoms with E-state index in [-0.39, 0.29) is 5.91 Å². The number of aryl methyl sites for hydroxylation is 1. The number of fused-ring (bicyclic) bond motifs is 1. The highest BCUT2D eigenvalue weighted by molar-refractivity contribution is 6.04. The molecule has 4 heteroatoms. The second kappa shape index (κ2) is 5.71. The van der Waals surface area contributed by atoms with Crippen molar-refractivity contribution in [3.63, 3.8) is 0 Å². The fraction of sp³-hybridized carbons (Fsp3) is 0.118. The maximum Gasteiger partial charge on any atom is 0.253 e. The van der Waals surface area contributed by atoms with Crippen molar-refractivity contribution in [3.05, 3.63) is 71.5 Å². The van der Waals surface area contributed by atoms with E-state index in [1.54, 1.807) is 18.5 Å². The maximum atomic E-state index is 12.3. The zero-order valence-corrected chi connectivity index (χ0v) is 11.7. The lowest BCUT2D eigenvalue weighted by Gasteiger charge is -2.07. The maximum absolute atomic E-state index is 12.3. The molecule has 1 heterocycles. The summed E-state index contributed by atoms with van der Waals surface area (Å²) < 4.78 is 0. The number of carbonyl (C=O) groups excluding carboxylic acids is 1. The molecule has 0 bridgehead atoms. The molecule has 2 aromatic carbocycles. The van der Waals surface area contributed by atoms with Crippen LogP contribution in [0.25, 0.3) is 11.0 Å². The van der Waals surface area contributed by atoms with Crippen molar-refractivity contribution in [2.45, 2.75) is 13.5 Å². The van der Waals surface area contributed by atoms with Crippen LogP contribution in [0.3, 0.4) is 0 Å². The number of aromatic nitrogens is 2. The molecule has 0 spiro atoms. The van der Waals surface area contributed by atoms with E-state index < -0.39 is 0 Å². The predicted octanol–water partition coefficient (Wildman–Crippen LogP) is 2.87. The van der Waals surface area contributed by atoms with Crippen molar-refractivity contribution in [1.82, 2.24) is 15.3 Å². The molecule has 3 aromatic rings. The molecule has 0 unspecified atom stereocenters. The smallest absolute Gasteiger partial charge is 0.253 e. The van der Waals surface area contributed by atoms with Gasteiger partial charge in [0.2, 0.25) is 0 Å². The molecule has 104 valence electrons. The summed E-state index contributed by atoms with van der Waals surface area (Å²) in [5.41, 5.74) is 4.17. The third-order valence-electron chi connectivity index (χ3n) is 3.32. The molecule has 0 saturated carbocycles. The van der Waals surface area contributed by atoms with Crippen LogP contribution < -0.4 is 5.32 Å². The van der Waals surface area contributed by atoms with Gasteiger partial charge in [0, 0.05) is 18.9 Å². The first-order valence-electron chi connectivity index (χ1n) is 6.77. The third kappa shape index (κ3) is 2.89. The molecular formula is C17H15N3O. The molecule has 0 atom stereocenters. The Balaban J connectivity index is 1.79. The average molecular weight is 277 g/mol. The van der Waals surface area contributed by atoms with Crippen LogP contribution in [-0.4, -0.2) is 15.9 Å². The first-order valence-corrected chi connectivity index (χ1v) is 6.77. The number of carbonyl (C=O) groups is 1. The Morgan fingerprint density at radius 2 is 1.81 bits per heavy atom. The molecule has 0 fully saturated rings. The highest BCUT2D eigenvalue weighted by Crippen LogP contribution is 2.13. The summed E-state index contributed by atoms with van der Waals surface area (Å²) in [6.07, 6.45) is 3.22. The number of nitrogens with one attached hydrogen (secondary N) is 1. The number of hydrogen-bond donors (Lipinski definition) is 1. The van der Waals surface area contributed by atoms with Gasteiger partial charge in [0.05, 0.1) is 11.1 Å². The van der Waals surface area contributed by atoms with E-state index in [9.17, 15) is 4.79 Å². The molecule has 4 nitrogen and oxygen atoms in total. The lowest BCUT2D eigenvalue weighted by atomic mass is 10.1. The van der Waals surface area contributed by atoms with Gasteiger partial charge in [-0.05, 0) is 24.6 Å². The molecule has 1 aromatic heterocycles. The minimum atomic E-state index is -0.137. The van der Waals surface area contributed by atoms with Crippen LogP contribution in [0.2, 0.25) is 0 Å². The molecule has 1 N–H and O–H groups in total. The van der Waals surface area contributed by atoms with E-state index in [1.807, 2.05) is 43.3 Å². The molecule has 3 rings (SSSR count). The van der Waals surface area contributed by atoms with Crippen LogP contribution in [0.15, 0.2) is 54.9 Å². The van der Waals surface area contributed by atoms with E-state index in [1.165, 1.54) is 5.56 Å². The summed E-state index contributed by atoms with van der Waals surface area (Å²) in [6, 6.07) is 13.5. The molecule has 0 aliphatic rings. The highest BCUT2D eigenvalue weighted by atomic mass is 16.1. The summed E-state index contributed by atoms with van der Waals surface area (Å²) in [6.45, 7) is 2.53. The normalized spacial score (nSPS) is 10.5. The standard InChI is InChI=1S/C17H15N3O/c1-12-5-7-13(8-6-12)11-20-17(21)14-3-2-4-15-16(14)19-10-9-18-15/h2-10H,11H2,1H3,(H,20,21). The van der Waals surface area contributed by atoms with E-state index >= 15 is 0 Å². The van der Waals surface area contributed by atoms with Gasteiger partial charge in [-0.1, -0.05) is 35.9 Å². The van der Waals surface area contributed by atoms with Crippen molar-refractivity contribution in [3.8, 4) is 0 Å². The number of amides is 1. The van der Waals surface area contributed by atoms with E-state index in [2.05, 4.69) is 15.3 Å². The Morgan fingerprint density at radius 3 is 2.62 bits per heavy atom. The van der Waals surface area contributed by atoms with Crippen LogP contribution in [0, 0.1) is 6.92 Å². The number of nitrogens with zero attached hydrogens (tertiary/aromatic N) is 2. The van der Waals surface area contributed by atoms with E-state index in [0.29, 0.717) is 17.6 Å². The topological polar surface area (TPSA) is 54.9 Å². The zero-order chi connectivity index (χ0) is 14.7. The van der Waals surface area contributed by atoms with Crippen molar-refractivity contribution in [1.29, 1.82) is 0 Å². The number of hydrogen-bond acceptors (Lipinski definition) is 3. The summed E-state index contributed by atoms with van der Waals surface area (Å²) in [7, 11) is 0. The lowest BCUT2D eigenvalue weighted by molar-refractivity contribution is 0.0952. The Labute approximate surface area is 122 Å². The fourth-order valence-electron chi connectivity index (χ4n) is 2.16. The second-order valence-electron chi connectivity index (χ2n) is 4.90. The van der Waals surface area contributed by atoms with Crippen molar-refractivity contribution in [2.75, 3.05) is 0 Å². The van der Waals surface area contributed by atoms with Gasteiger partial charge in [0.15, 0.2) is 0 Å². The first-order chi connectivity index (χ1) is 10.2. The minimum absolute atomic E-state index is 0.137. The number of rotatable bonds is 3. The van der Waals surface area contributed by atoms with Gasteiger partial charge in [-0.2, -0.15) is 0 Å². The van der Waals surface area contributed by atoms with Gasteiger partial charge in [-0.15, -0.1) is 0 Å². The largest absolute Gasteiger partial charge is 0.348 e. The Morgan fingerprint density at radius 1 is 1.05 bits per heavy atom. The van der Waals surface area contributed by atoms with Crippen molar-refractivity contribution in [2.24, 2.45) is 0 Å². The van der Waals surface area contributed by atoms with Gasteiger partial charge in [0.25, 0.3) is 5.91 Å².